The van der Waals surface area contributed by atoms with Gasteiger partial charge in [0.25, 0.3) is 0 Å². The fourth-order valence-corrected chi connectivity index (χ4v) is 1.29. The van der Waals surface area contributed by atoms with Crippen molar-refractivity contribution in [3.63, 3.8) is 0 Å². The predicted molar refractivity (Wildman–Crippen MR) is 42.7 cm³/mol. The van der Waals surface area contributed by atoms with Crippen LogP contribution in [0.4, 0.5) is 0 Å². The highest BCUT2D eigenvalue weighted by molar-refractivity contribution is 4.75. The van der Waals surface area contributed by atoms with E-state index in [0.29, 0.717) is 12.7 Å². The van der Waals surface area contributed by atoms with Crippen molar-refractivity contribution < 1.29 is 0 Å². The number of likely N-dealkylation sites (N-methyl/N-ethyl adjacent to an activating group) is 1. The smallest absolute Gasteiger partial charge is 0.0456 e. The molecule has 1 aliphatic heterocycles. The molecule has 0 amide bonds. The van der Waals surface area contributed by atoms with Gasteiger partial charge >= 0.3 is 0 Å². The standard InChI is InChI=1S/C7H17N3/c1-7-5-10(6-8)4-3-9(7)2/h7H,3-6,8H2,1-2H3. The number of hydrogen-bond acceptors (Lipinski definition) is 3. The van der Waals surface area contributed by atoms with Crippen LogP contribution in [0.1, 0.15) is 6.92 Å². The Morgan fingerprint density at radius 1 is 1.50 bits per heavy atom. The highest BCUT2D eigenvalue weighted by Crippen LogP contribution is 2.04. The summed E-state index contributed by atoms with van der Waals surface area (Å²) in [6.45, 7) is 6.34. The van der Waals surface area contributed by atoms with Crippen molar-refractivity contribution in [3.8, 4) is 0 Å². The average Bonchev–Trinajstić information content (AvgIpc) is 1.95. The molecule has 1 heterocycles. The third kappa shape index (κ3) is 1.68. The summed E-state index contributed by atoms with van der Waals surface area (Å²) < 4.78 is 0. The first-order valence-electron chi connectivity index (χ1n) is 3.86. The number of nitrogens with zero attached hydrogens (tertiary/aromatic N) is 2. The molecule has 0 aromatic rings. The lowest BCUT2D eigenvalue weighted by Gasteiger charge is -2.36. The Kier molecular flexibility index (Phi) is 2.65. The second-order valence-electron chi connectivity index (χ2n) is 3.09. The molecule has 10 heavy (non-hydrogen) atoms. The summed E-state index contributed by atoms with van der Waals surface area (Å²) in [4.78, 5) is 4.65. The van der Waals surface area contributed by atoms with E-state index < -0.39 is 0 Å². The van der Waals surface area contributed by atoms with Gasteiger partial charge in [0.1, 0.15) is 0 Å². The largest absolute Gasteiger partial charge is 0.318 e. The number of piperazine rings is 1. The van der Waals surface area contributed by atoms with Gasteiger partial charge in [0, 0.05) is 32.3 Å². The van der Waals surface area contributed by atoms with Crippen LogP contribution < -0.4 is 5.73 Å². The molecule has 0 spiro atoms. The molecular weight excluding hydrogens is 126 g/mol. The lowest BCUT2D eigenvalue weighted by molar-refractivity contribution is 0.107. The van der Waals surface area contributed by atoms with Crippen LogP contribution in [0.25, 0.3) is 0 Å². The molecule has 0 bridgehead atoms. The molecule has 1 fully saturated rings. The van der Waals surface area contributed by atoms with Crippen molar-refractivity contribution in [2.45, 2.75) is 13.0 Å². The maximum atomic E-state index is 5.52. The van der Waals surface area contributed by atoms with Crippen LogP contribution >= 0.6 is 0 Å². The van der Waals surface area contributed by atoms with E-state index in [0.717, 1.165) is 19.6 Å². The summed E-state index contributed by atoms with van der Waals surface area (Å²) in [5.74, 6) is 0. The first-order chi connectivity index (χ1) is 4.74. The molecule has 3 nitrogen and oxygen atoms in total. The second kappa shape index (κ2) is 3.32. The molecule has 0 aromatic heterocycles. The van der Waals surface area contributed by atoms with Gasteiger partial charge in [-0.05, 0) is 14.0 Å². The van der Waals surface area contributed by atoms with Crippen LogP contribution in [-0.4, -0.2) is 49.2 Å². The van der Waals surface area contributed by atoms with E-state index in [-0.39, 0.29) is 0 Å². The molecule has 0 aliphatic carbocycles. The van der Waals surface area contributed by atoms with Crippen LogP contribution in [0, 0.1) is 0 Å². The zero-order valence-electron chi connectivity index (χ0n) is 6.88. The Labute approximate surface area is 62.8 Å². The minimum atomic E-state index is 0.664. The van der Waals surface area contributed by atoms with Crippen LogP contribution in [0.3, 0.4) is 0 Å². The molecule has 1 atom stereocenters. The number of nitrogens with two attached hydrogens (primary N) is 1. The summed E-state index contributed by atoms with van der Waals surface area (Å²) in [6, 6.07) is 0.664. The maximum Gasteiger partial charge on any atom is 0.0456 e. The minimum absolute atomic E-state index is 0.664. The molecule has 0 radical (unpaired) electrons. The van der Waals surface area contributed by atoms with E-state index in [2.05, 4.69) is 23.8 Å². The summed E-state index contributed by atoms with van der Waals surface area (Å²) in [6.07, 6.45) is 0. The van der Waals surface area contributed by atoms with Gasteiger partial charge in [-0.15, -0.1) is 0 Å². The lowest BCUT2D eigenvalue weighted by atomic mass is 10.2. The normalized spacial score (nSPS) is 30.9. The summed E-state index contributed by atoms with van der Waals surface area (Å²) in [7, 11) is 2.17. The van der Waals surface area contributed by atoms with Crippen molar-refractivity contribution in [1.29, 1.82) is 0 Å². The fourth-order valence-electron chi connectivity index (χ4n) is 1.29. The lowest BCUT2D eigenvalue weighted by Crippen LogP contribution is -2.51. The van der Waals surface area contributed by atoms with E-state index in [1.165, 1.54) is 0 Å². The van der Waals surface area contributed by atoms with E-state index in [1.807, 2.05) is 0 Å². The molecule has 1 saturated heterocycles. The Morgan fingerprint density at radius 2 is 2.20 bits per heavy atom. The maximum absolute atomic E-state index is 5.52. The molecular formula is C7H17N3. The molecule has 1 aliphatic rings. The second-order valence-corrected chi connectivity index (χ2v) is 3.09. The zero-order chi connectivity index (χ0) is 7.56. The van der Waals surface area contributed by atoms with Gasteiger partial charge in [0.05, 0.1) is 0 Å². The fraction of sp³-hybridized carbons (Fsp3) is 1.00. The average molecular weight is 143 g/mol. The van der Waals surface area contributed by atoms with Crippen molar-refractivity contribution in [1.82, 2.24) is 9.80 Å². The van der Waals surface area contributed by atoms with E-state index >= 15 is 0 Å². The monoisotopic (exact) mass is 143 g/mol. The Balaban J connectivity index is 2.33. The van der Waals surface area contributed by atoms with Gasteiger partial charge in [-0.1, -0.05) is 0 Å². The van der Waals surface area contributed by atoms with Crippen LogP contribution in [0.5, 0.6) is 0 Å². The van der Waals surface area contributed by atoms with E-state index in [1.54, 1.807) is 0 Å². The topological polar surface area (TPSA) is 32.5 Å². The van der Waals surface area contributed by atoms with Crippen molar-refractivity contribution in [2.24, 2.45) is 5.73 Å². The van der Waals surface area contributed by atoms with Gasteiger partial charge in [-0.3, -0.25) is 4.90 Å². The van der Waals surface area contributed by atoms with E-state index in [9.17, 15) is 0 Å². The Morgan fingerprint density at radius 3 is 2.70 bits per heavy atom. The summed E-state index contributed by atoms with van der Waals surface area (Å²) >= 11 is 0. The van der Waals surface area contributed by atoms with Gasteiger partial charge in [-0.25, -0.2) is 0 Å². The molecule has 60 valence electrons. The van der Waals surface area contributed by atoms with Crippen molar-refractivity contribution in [2.75, 3.05) is 33.4 Å². The van der Waals surface area contributed by atoms with Crippen molar-refractivity contribution in [3.05, 3.63) is 0 Å². The third-order valence-electron chi connectivity index (χ3n) is 2.30. The highest BCUT2D eigenvalue weighted by atomic mass is 15.3. The molecule has 1 rings (SSSR count). The zero-order valence-corrected chi connectivity index (χ0v) is 6.88. The van der Waals surface area contributed by atoms with Crippen LogP contribution in [0.15, 0.2) is 0 Å². The van der Waals surface area contributed by atoms with Crippen LogP contribution in [0.2, 0.25) is 0 Å². The minimum Gasteiger partial charge on any atom is -0.318 e. The van der Waals surface area contributed by atoms with Gasteiger partial charge in [0.15, 0.2) is 0 Å². The summed E-state index contributed by atoms with van der Waals surface area (Å²) in [5, 5.41) is 0. The first-order valence-corrected chi connectivity index (χ1v) is 3.86. The quantitative estimate of drug-likeness (QED) is 0.539. The molecule has 1 unspecified atom stereocenters. The molecule has 0 aromatic carbocycles. The van der Waals surface area contributed by atoms with Crippen LogP contribution in [-0.2, 0) is 0 Å². The van der Waals surface area contributed by atoms with Gasteiger partial charge in [-0.2, -0.15) is 0 Å². The molecule has 3 heteroatoms. The number of rotatable bonds is 1. The highest BCUT2D eigenvalue weighted by Gasteiger charge is 2.18. The Hall–Kier alpha value is -0.120. The number of hydrogen-bond donors (Lipinski definition) is 1. The predicted octanol–water partition coefficient (Wildman–Crippen LogP) is -0.461. The SMILES string of the molecule is CC1CN(CN)CCN1C. The van der Waals surface area contributed by atoms with Gasteiger partial charge in [0.2, 0.25) is 0 Å². The van der Waals surface area contributed by atoms with Gasteiger partial charge < -0.3 is 10.6 Å². The first kappa shape index (κ1) is 7.98. The molecule has 0 saturated carbocycles. The third-order valence-corrected chi connectivity index (χ3v) is 2.30. The Bertz CT molecular complexity index is 105. The molecule has 2 N–H and O–H groups in total. The van der Waals surface area contributed by atoms with Crippen molar-refractivity contribution >= 4 is 0 Å². The summed E-state index contributed by atoms with van der Waals surface area (Å²) in [5.41, 5.74) is 5.52. The van der Waals surface area contributed by atoms with E-state index in [4.69, 9.17) is 5.73 Å².